The molecular formula is C14H14BrN3O. The predicted octanol–water partition coefficient (Wildman–Crippen LogP) is 2.79. The van der Waals surface area contributed by atoms with Gasteiger partial charge < -0.3 is 10.3 Å². The van der Waals surface area contributed by atoms with Gasteiger partial charge in [-0.15, -0.1) is 0 Å². The summed E-state index contributed by atoms with van der Waals surface area (Å²) >= 11 is 3.45. The third kappa shape index (κ3) is 2.93. The summed E-state index contributed by atoms with van der Waals surface area (Å²) in [5.41, 5.74) is 6.98. The largest absolute Gasteiger partial charge is 0.339 e. The van der Waals surface area contributed by atoms with Crippen molar-refractivity contribution in [2.45, 2.75) is 24.8 Å². The number of rotatable bonds is 3. The van der Waals surface area contributed by atoms with Gasteiger partial charge in [0.15, 0.2) is 5.82 Å². The summed E-state index contributed by atoms with van der Waals surface area (Å²) in [5, 5.41) is 4.03. The molecule has 0 radical (unpaired) electrons. The first-order chi connectivity index (χ1) is 9.20. The predicted molar refractivity (Wildman–Crippen MR) is 75.7 cm³/mol. The number of hydrogen-bond donors (Lipinski definition) is 1. The van der Waals surface area contributed by atoms with Crippen LogP contribution < -0.4 is 5.73 Å². The maximum Gasteiger partial charge on any atom is 0.233 e. The first kappa shape index (κ1) is 12.6. The number of allylic oxidation sites excluding steroid dienone is 1. The second kappa shape index (κ2) is 5.27. The Morgan fingerprint density at radius 2 is 2.26 bits per heavy atom. The Kier molecular flexibility index (Phi) is 3.48. The molecule has 0 amide bonds. The Morgan fingerprint density at radius 1 is 1.37 bits per heavy atom. The van der Waals surface area contributed by atoms with E-state index in [4.69, 9.17) is 10.3 Å². The third-order valence-electron chi connectivity index (χ3n) is 3.17. The molecule has 0 spiro atoms. The van der Waals surface area contributed by atoms with Crippen LogP contribution >= 0.6 is 15.9 Å². The van der Waals surface area contributed by atoms with Gasteiger partial charge in [0.1, 0.15) is 0 Å². The van der Waals surface area contributed by atoms with Gasteiger partial charge in [-0.1, -0.05) is 45.4 Å². The van der Waals surface area contributed by atoms with E-state index in [0.717, 1.165) is 16.5 Å². The van der Waals surface area contributed by atoms with Crippen LogP contribution in [-0.2, 0) is 6.42 Å². The highest BCUT2D eigenvalue weighted by Gasteiger charge is 2.22. The number of halogens is 1. The van der Waals surface area contributed by atoms with E-state index in [9.17, 15) is 0 Å². The van der Waals surface area contributed by atoms with Gasteiger partial charge in [0.2, 0.25) is 5.89 Å². The Labute approximate surface area is 119 Å². The number of hydrogen-bond acceptors (Lipinski definition) is 4. The minimum atomic E-state index is 0.102. The van der Waals surface area contributed by atoms with Crippen LogP contribution in [0.15, 0.2) is 45.4 Å². The van der Waals surface area contributed by atoms with Crippen LogP contribution in [-0.4, -0.2) is 16.2 Å². The van der Waals surface area contributed by atoms with Gasteiger partial charge in [0.25, 0.3) is 0 Å². The zero-order valence-corrected chi connectivity index (χ0v) is 11.9. The Balaban J connectivity index is 1.73. The molecule has 19 heavy (non-hydrogen) atoms. The van der Waals surface area contributed by atoms with Crippen LogP contribution in [0.4, 0.5) is 0 Å². The van der Waals surface area contributed by atoms with Crippen molar-refractivity contribution in [2.24, 2.45) is 5.73 Å². The van der Waals surface area contributed by atoms with Gasteiger partial charge in [-0.3, -0.25) is 0 Å². The van der Waals surface area contributed by atoms with Gasteiger partial charge >= 0.3 is 0 Å². The minimum absolute atomic E-state index is 0.102. The Morgan fingerprint density at radius 3 is 3.00 bits per heavy atom. The van der Waals surface area contributed by atoms with Crippen molar-refractivity contribution in [3.63, 3.8) is 0 Å². The van der Waals surface area contributed by atoms with E-state index in [1.165, 1.54) is 0 Å². The van der Waals surface area contributed by atoms with Crippen molar-refractivity contribution in [1.29, 1.82) is 0 Å². The van der Waals surface area contributed by atoms with E-state index in [-0.39, 0.29) is 12.0 Å². The molecule has 1 aliphatic rings. The molecule has 2 unspecified atom stereocenters. The summed E-state index contributed by atoms with van der Waals surface area (Å²) in [6.07, 6.45) is 5.55. The van der Waals surface area contributed by atoms with Crippen LogP contribution in [0.1, 0.15) is 29.6 Å². The summed E-state index contributed by atoms with van der Waals surface area (Å²) in [6.45, 7) is 0. The zero-order chi connectivity index (χ0) is 13.2. The summed E-state index contributed by atoms with van der Waals surface area (Å²) in [4.78, 5) is 4.45. The van der Waals surface area contributed by atoms with Gasteiger partial charge in [-0.25, -0.2) is 0 Å². The molecule has 2 atom stereocenters. The summed E-state index contributed by atoms with van der Waals surface area (Å²) in [6, 6.07) is 8.20. The van der Waals surface area contributed by atoms with Crippen molar-refractivity contribution in [2.75, 3.05) is 0 Å². The van der Waals surface area contributed by atoms with E-state index < -0.39 is 0 Å². The molecule has 1 aromatic heterocycles. The Hall–Kier alpha value is -1.46. The lowest BCUT2D eigenvalue weighted by molar-refractivity contribution is 0.360. The van der Waals surface area contributed by atoms with Crippen LogP contribution in [0, 0.1) is 0 Å². The highest BCUT2D eigenvalue weighted by atomic mass is 79.9. The zero-order valence-electron chi connectivity index (χ0n) is 10.3. The number of aromatic nitrogens is 2. The lowest BCUT2D eigenvalue weighted by atomic mass is 10.1. The van der Waals surface area contributed by atoms with E-state index in [2.05, 4.69) is 32.1 Å². The number of benzene rings is 1. The summed E-state index contributed by atoms with van der Waals surface area (Å²) in [7, 11) is 0. The van der Waals surface area contributed by atoms with Crippen molar-refractivity contribution in [3.05, 3.63) is 58.2 Å². The topological polar surface area (TPSA) is 64.9 Å². The minimum Gasteiger partial charge on any atom is -0.339 e. The van der Waals surface area contributed by atoms with Crippen LogP contribution in [0.2, 0.25) is 0 Å². The summed E-state index contributed by atoms with van der Waals surface area (Å²) < 4.78 is 6.37. The molecule has 5 heteroatoms. The molecular weight excluding hydrogens is 306 g/mol. The van der Waals surface area contributed by atoms with E-state index in [1.807, 2.05) is 30.4 Å². The molecule has 98 valence electrons. The lowest BCUT2D eigenvalue weighted by Gasteiger charge is -2.02. The molecule has 0 aliphatic heterocycles. The highest BCUT2D eigenvalue weighted by Crippen LogP contribution is 2.26. The second-order valence-electron chi connectivity index (χ2n) is 4.75. The number of nitrogens with zero attached hydrogens (tertiary/aromatic N) is 2. The second-order valence-corrected chi connectivity index (χ2v) is 5.66. The lowest BCUT2D eigenvalue weighted by Crippen LogP contribution is -2.14. The van der Waals surface area contributed by atoms with Crippen molar-refractivity contribution in [3.8, 4) is 0 Å². The quantitative estimate of drug-likeness (QED) is 0.883. The van der Waals surface area contributed by atoms with E-state index >= 15 is 0 Å². The molecule has 4 nitrogen and oxygen atoms in total. The molecule has 0 bridgehead atoms. The molecule has 2 N–H and O–H groups in total. The first-order valence-electron chi connectivity index (χ1n) is 6.21. The molecule has 0 fully saturated rings. The van der Waals surface area contributed by atoms with Crippen molar-refractivity contribution >= 4 is 15.9 Å². The average molecular weight is 320 g/mol. The fraction of sp³-hybridized carbons (Fsp3) is 0.286. The molecule has 1 aliphatic carbocycles. The van der Waals surface area contributed by atoms with Crippen molar-refractivity contribution in [1.82, 2.24) is 10.1 Å². The van der Waals surface area contributed by atoms with Gasteiger partial charge in [-0.05, 0) is 24.1 Å². The fourth-order valence-electron chi connectivity index (χ4n) is 2.23. The van der Waals surface area contributed by atoms with Gasteiger partial charge in [0.05, 0.1) is 5.92 Å². The number of nitrogens with two attached hydrogens (primary N) is 1. The fourth-order valence-corrected chi connectivity index (χ4v) is 2.68. The van der Waals surface area contributed by atoms with Crippen LogP contribution in [0.3, 0.4) is 0 Å². The molecule has 1 aromatic carbocycles. The van der Waals surface area contributed by atoms with E-state index in [1.54, 1.807) is 0 Å². The molecule has 2 aromatic rings. The monoisotopic (exact) mass is 319 g/mol. The first-order valence-corrected chi connectivity index (χ1v) is 7.01. The van der Waals surface area contributed by atoms with Crippen LogP contribution in [0.5, 0.6) is 0 Å². The highest BCUT2D eigenvalue weighted by molar-refractivity contribution is 9.10. The van der Waals surface area contributed by atoms with Gasteiger partial charge in [-0.2, -0.15) is 4.98 Å². The van der Waals surface area contributed by atoms with Crippen molar-refractivity contribution < 1.29 is 4.52 Å². The SMILES string of the molecule is NC1C=CC(c2nc(Cc3cccc(Br)c3)no2)C1. The molecule has 0 saturated heterocycles. The third-order valence-corrected chi connectivity index (χ3v) is 3.66. The molecule has 3 rings (SSSR count). The maximum atomic E-state index is 5.83. The molecule has 1 heterocycles. The summed E-state index contributed by atoms with van der Waals surface area (Å²) in [5.74, 6) is 1.54. The maximum absolute atomic E-state index is 5.83. The Bertz CT molecular complexity index is 608. The van der Waals surface area contributed by atoms with Gasteiger partial charge in [0, 0.05) is 16.9 Å². The normalized spacial score (nSPS) is 22.0. The molecule has 0 saturated carbocycles. The van der Waals surface area contributed by atoms with E-state index in [0.29, 0.717) is 18.1 Å². The van der Waals surface area contributed by atoms with Crippen LogP contribution in [0.25, 0.3) is 0 Å². The standard InChI is InChI=1S/C14H14BrN3O/c15-11-3-1-2-9(6-11)7-13-17-14(19-18-13)10-4-5-12(16)8-10/h1-6,10,12H,7-8,16H2. The average Bonchev–Trinajstić information content (AvgIpc) is 2.98. The smallest absolute Gasteiger partial charge is 0.233 e.